The molecule has 1 fully saturated rings. The normalized spacial score (nSPS) is 24.1. The number of hydrogen-bond donors (Lipinski definition) is 1. The Labute approximate surface area is 91.2 Å². The van der Waals surface area contributed by atoms with Crippen molar-refractivity contribution in [1.29, 1.82) is 0 Å². The van der Waals surface area contributed by atoms with Gasteiger partial charge in [-0.05, 0) is 26.3 Å². The number of carboxylic acids is 1. The Balaban J connectivity index is 2.22. The molecule has 0 aromatic heterocycles. The zero-order chi connectivity index (χ0) is 11.3. The minimum Gasteiger partial charge on any atom is -0.481 e. The largest absolute Gasteiger partial charge is 0.481 e. The average Bonchev–Trinajstić information content (AvgIpc) is 2.18. The Hall–Kier alpha value is -0.610. The van der Waals surface area contributed by atoms with Gasteiger partial charge >= 0.3 is 5.97 Å². The van der Waals surface area contributed by atoms with E-state index < -0.39 is 5.97 Å². The van der Waals surface area contributed by atoms with E-state index in [4.69, 9.17) is 9.84 Å². The molecule has 0 bridgehead atoms. The lowest BCUT2D eigenvalue weighted by atomic mass is 10.1. The number of likely N-dealkylation sites (N-methyl/N-ethyl adjacent to an activating group) is 1. The van der Waals surface area contributed by atoms with Crippen LogP contribution in [-0.4, -0.2) is 48.8 Å². The fourth-order valence-electron chi connectivity index (χ4n) is 1.92. The minimum absolute atomic E-state index is 0.296. The lowest BCUT2D eigenvalue weighted by Crippen LogP contribution is -2.37. The van der Waals surface area contributed by atoms with E-state index in [1.165, 1.54) is 6.42 Å². The molecule has 0 aromatic carbocycles. The fraction of sp³-hybridized carbons (Fsp3) is 0.909. The van der Waals surface area contributed by atoms with Crippen LogP contribution in [0, 0.1) is 5.92 Å². The van der Waals surface area contributed by atoms with Crippen molar-refractivity contribution in [2.75, 3.05) is 26.7 Å². The van der Waals surface area contributed by atoms with Crippen molar-refractivity contribution in [3.63, 3.8) is 0 Å². The fourth-order valence-corrected chi connectivity index (χ4v) is 1.92. The zero-order valence-electron chi connectivity index (χ0n) is 9.61. The maximum atomic E-state index is 10.7. The highest BCUT2D eigenvalue weighted by Crippen LogP contribution is 2.13. The van der Waals surface area contributed by atoms with Crippen molar-refractivity contribution in [1.82, 2.24) is 4.90 Å². The van der Waals surface area contributed by atoms with Gasteiger partial charge in [0.2, 0.25) is 0 Å². The van der Waals surface area contributed by atoms with Crippen molar-refractivity contribution >= 4 is 5.97 Å². The second-order valence-electron chi connectivity index (χ2n) is 4.45. The Morgan fingerprint density at radius 3 is 2.87 bits per heavy atom. The van der Waals surface area contributed by atoms with E-state index in [0.717, 1.165) is 26.0 Å². The van der Waals surface area contributed by atoms with Crippen LogP contribution in [0.3, 0.4) is 0 Å². The summed E-state index contributed by atoms with van der Waals surface area (Å²) in [7, 11) is 1.96. The van der Waals surface area contributed by atoms with Crippen LogP contribution in [0.1, 0.15) is 26.2 Å². The van der Waals surface area contributed by atoms with Gasteiger partial charge in [0.25, 0.3) is 0 Å². The van der Waals surface area contributed by atoms with Gasteiger partial charge in [-0.1, -0.05) is 6.92 Å². The van der Waals surface area contributed by atoms with Gasteiger partial charge in [-0.15, -0.1) is 0 Å². The summed E-state index contributed by atoms with van der Waals surface area (Å²) >= 11 is 0. The van der Waals surface area contributed by atoms with Crippen molar-refractivity contribution in [3.05, 3.63) is 0 Å². The number of rotatable bonds is 5. The van der Waals surface area contributed by atoms with E-state index in [2.05, 4.69) is 4.90 Å². The molecule has 0 amide bonds. The lowest BCUT2D eigenvalue weighted by molar-refractivity contribution is -0.141. The summed E-state index contributed by atoms with van der Waals surface area (Å²) in [6, 6.07) is 0. The van der Waals surface area contributed by atoms with Crippen molar-refractivity contribution in [2.45, 2.75) is 32.3 Å². The molecule has 1 aliphatic rings. The number of nitrogens with zero attached hydrogens (tertiary/aromatic N) is 1. The predicted octanol–water partition coefficient (Wildman–Crippen LogP) is 1.21. The monoisotopic (exact) mass is 215 g/mol. The van der Waals surface area contributed by atoms with Crippen LogP contribution in [0.25, 0.3) is 0 Å². The molecule has 2 unspecified atom stereocenters. The van der Waals surface area contributed by atoms with Gasteiger partial charge in [-0.25, -0.2) is 0 Å². The molecule has 0 aromatic rings. The molecule has 1 saturated heterocycles. The second kappa shape index (κ2) is 6.08. The molecule has 15 heavy (non-hydrogen) atoms. The quantitative estimate of drug-likeness (QED) is 0.749. The summed E-state index contributed by atoms with van der Waals surface area (Å²) in [5.41, 5.74) is 0. The standard InChI is InChI=1S/C11H21NO3/c1-9(11(13)14)7-12(2)8-10-5-3-4-6-15-10/h9-10H,3-8H2,1-2H3,(H,13,14). The molecule has 1 heterocycles. The van der Waals surface area contributed by atoms with E-state index in [9.17, 15) is 4.79 Å². The molecule has 1 rings (SSSR count). The third kappa shape index (κ3) is 4.62. The van der Waals surface area contributed by atoms with Crippen LogP contribution in [-0.2, 0) is 9.53 Å². The van der Waals surface area contributed by atoms with E-state index in [1.54, 1.807) is 6.92 Å². The summed E-state index contributed by atoms with van der Waals surface area (Å²) in [5.74, 6) is -1.04. The Kier molecular flexibility index (Phi) is 5.05. The zero-order valence-corrected chi connectivity index (χ0v) is 9.61. The maximum Gasteiger partial charge on any atom is 0.307 e. The van der Waals surface area contributed by atoms with Gasteiger partial charge in [-0.2, -0.15) is 0 Å². The van der Waals surface area contributed by atoms with Crippen molar-refractivity contribution < 1.29 is 14.6 Å². The summed E-state index contributed by atoms with van der Waals surface area (Å²) in [4.78, 5) is 12.7. The highest BCUT2D eigenvalue weighted by atomic mass is 16.5. The van der Waals surface area contributed by atoms with E-state index in [0.29, 0.717) is 12.6 Å². The molecule has 88 valence electrons. The molecular weight excluding hydrogens is 194 g/mol. The van der Waals surface area contributed by atoms with E-state index in [-0.39, 0.29) is 5.92 Å². The SMILES string of the molecule is CC(CN(C)CC1CCCCO1)C(=O)O. The number of carboxylic acid groups (broad SMARTS) is 1. The van der Waals surface area contributed by atoms with Gasteiger partial charge < -0.3 is 14.7 Å². The van der Waals surface area contributed by atoms with Gasteiger partial charge in [0.05, 0.1) is 12.0 Å². The molecule has 0 aliphatic carbocycles. The second-order valence-corrected chi connectivity index (χ2v) is 4.45. The Morgan fingerprint density at radius 2 is 2.33 bits per heavy atom. The maximum absolute atomic E-state index is 10.7. The van der Waals surface area contributed by atoms with E-state index >= 15 is 0 Å². The average molecular weight is 215 g/mol. The van der Waals surface area contributed by atoms with Crippen LogP contribution in [0.4, 0.5) is 0 Å². The first-order valence-corrected chi connectivity index (χ1v) is 5.62. The van der Waals surface area contributed by atoms with Gasteiger partial charge in [0.15, 0.2) is 0 Å². The Morgan fingerprint density at radius 1 is 1.60 bits per heavy atom. The minimum atomic E-state index is -0.730. The lowest BCUT2D eigenvalue weighted by Gasteiger charge is -2.28. The summed E-state index contributed by atoms with van der Waals surface area (Å²) in [6.07, 6.45) is 3.79. The molecular formula is C11H21NO3. The third-order valence-corrected chi connectivity index (χ3v) is 2.80. The van der Waals surface area contributed by atoms with Crippen LogP contribution in [0.2, 0.25) is 0 Å². The highest BCUT2D eigenvalue weighted by Gasteiger charge is 2.18. The first-order chi connectivity index (χ1) is 7.09. The molecule has 4 heteroatoms. The summed E-state index contributed by atoms with van der Waals surface area (Å²) in [5, 5.41) is 8.78. The molecule has 0 spiro atoms. The summed E-state index contributed by atoms with van der Waals surface area (Å²) in [6.45, 7) is 4.03. The molecule has 2 atom stereocenters. The van der Waals surface area contributed by atoms with Crippen LogP contribution in [0.5, 0.6) is 0 Å². The van der Waals surface area contributed by atoms with Crippen LogP contribution in [0.15, 0.2) is 0 Å². The highest BCUT2D eigenvalue weighted by molar-refractivity contribution is 5.69. The van der Waals surface area contributed by atoms with Gasteiger partial charge in [0, 0.05) is 19.7 Å². The molecule has 1 N–H and O–H groups in total. The number of ether oxygens (including phenoxy) is 1. The van der Waals surface area contributed by atoms with Crippen LogP contribution >= 0.6 is 0 Å². The van der Waals surface area contributed by atoms with Crippen molar-refractivity contribution in [3.8, 4) is 0 Å². The van der Waals surface area contributed by atoms with E-state index in [1.807, 2.05) is 7.05 Å². The first kappa shape index (κ1) is 12.5. The van der Waals surface area contributed by atoms with Crippen LogP contribution < -0.4 is 0 Å². The van der Waals surface area contributed by atoms with Crippen molar-refractivity contribution in [2.24, 2.45) is 5.92 Å². The first-order valence-electron chi connectivity index (χ1n) is 5.62. The smallest absolute Gasteiger partial charge is 0.307 e. The molecule has 1 aliphatic heterocycles. The number of carbonyl (C=O) groups is 1. The van der Waals surface area contributed by atoms with Gasteiger partial charge in [0.1, 0.15) is 0 Å². The Bertz CT molecular complexity index is 202. The third-order valence-electron chi connectivity index (χ3n) is 2.80. The molecule has 0 radical (unpaired) electrons. The number of aliphatic carboxylic acids is 1. The topological polar surface area (TPSA) is 49.8 Å². The summed E-state index contributed by atoms with van der Waals surface area (Å²) < 4.78 is 5.60. The molecule has 0 saturated carbocycles. The van der Waals surface area contributed by atoms with Gasteiger partial charge in [-0.3, -0.25) is 4.79 Å². The molecule has 4 nitrogen and oxygen atoms in total. The predicted molar refractivity (Wildman–Crippen MR) is 57.9 cm³/mol. The number of hydrogen-bond acceptors (Lipinski definition) is 3.